The minimum atomic E-state index is -4.87. The van der Waals surface area contributed by atoms with E-state index in [1.54, 1.807) is 0 Å². The number of alkyl halides is 6. The normalized spacial score (nSPS) is 18.2. The summed E-state index contributed by atoms with van der Waals surface area (Å²) in [6.45, 7) is 1.74. The molecule has 30 heavy (non-hydrogen) atoms. The first-order valence-electron chi connectivity index (χ1n) is 9.98. The Balaban J connectivity index is 1.86. The van der Waals surface area contributed by atoms with Gasteiger partial charge in [-0.15, -0.1) is 0 Å². The van der Waals surface area contributed by atoms with Gasteiger partial charge in [-0.25, -0.2) is 0 Å². The predicted molar refractivity (Wildman–Crippen MR) is 102 cm³/mol. The van der Waals surface area contributed by atoms with E-state index in [4.69, 9.17) is 4.74 Å². The van der Waals surface area contributed by atoms with Crippen LogP contribution in [0.15, 0.2) is 48.5 Å². The van der Waals surface area contributed by atoms with Gasteiger partial charge < -0.3 is 4.74 Å². The van der Waals surface area contributed by atoms with Gasteiger partial charge in [0.1, 0.15) is 0 Å². The van der Waals surface area contributed by atoms with Crippen molar-refractivity contribution in [1.82, 2.24) is 0 Å². The van der Waals surface area contributed by atoms with Crippen LogP contribution in [-0.4, -0.2) is 6.61 Å². The van der Waals surface area contributed by atoms with E-state index in [0.29, 0.717) is 0 Å². The Morgan fingerprint density at radius 2 is 1.37 bits per heavy atom. The fourth-order valence-corrected chi connectivity index (χ4v) is 4.13. The van der Waals surface area contributed by atoms with Crippen molar-refractivity contribution in [3.05, 3.63) is 70.8 Å². The molecular formula is C23H24F6O. The third-order valence-electron chi connectivity index (χ3n) is 5.89. The zero-order chi connectivity index (χ0) is 22.0. The van der Waals surface area contributed by atoms with Crippen molar-refractivity contribution in [2.24, 2.45) is 0 Å². The quantitative estimate of drug-likeness (QED) is 0.442. The second-order valence-electron chi connectivity index (χ2n) is 8.00. The van der Waals surface area contributed by atoms with Crippen LogP contribution in [0.3, 0.4) is 0 Å². The molecule has 0 spiro atoms. The molecule has 0 unspecified atom stereocenters. The van der Waals surface area contributed by atoms with Crippen LogP contribution >= 0.6 is 0 Å². The SMILES string of the molecule is C[C@@H](OCC1(c2ccccc2)CCCCC1)c1cc(C(F)(F)F)cc(C(F)(F)F)c1. The maximum absolute atomic E-state index is 13.2. The fourth-order valence-electron chi connectivity index (χ4n) is 4.13. The van der Waals surface area contributed by atoms with E-state index in [0.717, 1.165) is 49.8 Å². The molecule has 0 saturated heterocycles. The Hall–Kier alpha value is -2.02. The second kappa shape index (κ2) is 8.61. The summed E-state index contributed by atoms with van der Waals surface area (Å²) in [6, 6.07) is 11.4. The predicted octanol–water partition coefficient (Wildman–Crippen LogP) is 7.70. The summed E-state index contributed by atoms with van der Waals surface area (Å²) in [5, 5.41) is 0. The molecule has 0 amide bonds. The van der Waals surface area contributed by atoms with Crippen LogP contribution in [-0.2, 0) is 22.5 Å². The van der Waals surface area contributed by atoms with E-state index in [1.807, 2.05) is 30.3 Å². The molecule has 1 aliphatic carbocycles. The molecule has 1 aliphatic rings. The Morgan fingerprint density at radius 1 is 0.833 bits per heavy atom. The summed E-state index contributed by atoms with van der Waals surface area (Å²) in [5.74, 6) is 0. The second-order valence-corrected chi connectivity index (χ2v) is 8.00. The highest BCUT2D eigenvalue weighted by molar-refractivity contribution is 5.35. The maximum Gasteiger partial charge on any atom is 0.416 e. The van der Waals surface area contributed by atoms with E-state index >= 15 is 0 Å². The lowest BCUT2D eigenvalue weighted by molar-refractivity contribution is -0.143. The van der Waals surface area contributed by atoms with E-state index < -0.39 is 29.6 Å². The highest BCUT2D eigenvalue weighted by Gasteiger charge is 2.38. The number of hydrogen-bond donors (Lipinski definition) is 0. The first kappa shape index (κ1) is 22.7. The van der Waals surface area contributed by atoms with Crippen LogP contribution in [0.1, 0.15) is 67.4 Å². The smallest absolute Gasteiger partial charge is 0.373 e. The third-order valence-corrected chi connectivity index (χ3v) is 5.89. The van der Waals surface area contributed by atoms with Crippen molar-refractivity contribution in [3.8, 4) is 0 Å². The van der Waals surface area contributed by atoms with Crippen molar-refractivity contribution in [2.45, 2.75) is 62.9 Å². The molecule has 0 aliphatic heterocycles. The van der Waals surface area contributed by atoms with Gasteiger partial charge in [0.2, 0.25) is 0 Å². The van der Waals surface area contributed by atoms with Gasteiger partial charge in [-0.1, -0.05) is 49.6 Å². The summed E-state index contributed by atoms with van der Waals surface area (Å²) < 4.78 is 84.8. The molecule has 0 aromatic heterocycles. The average molecular weight is 430 g/mol. The first-order chi connectivity index (χ1) is 14.0. The summed E-state index contributed by atoms with van der Waals surface area (Å²) in [6.07, 6.45) is -5.78. The van der Waals surface area contributed by atoms with Gasteiger partial charge in [-0.2, -0.15) is 26.3 Å². The molecule has 0 heterocycles. The molecule has 3 rings (SSSR count). The summed E-state index contributed by atoms with van der Waals surface area (Å²) >= 11 is 0. The fraction of sp³-hybridized carbons (Fsp3) is 0.478. The van der Waals surface area contributed by atoms with Crippen LogP contribution in [0.5, 0.6) is 0 Å². The molecule has 0 N–H and O–H groups in total. The number of rotatable bonds is 5. The largest absolute Gasteiger partial charge is 0.416 e. The summed E-state index contributed by atoms with van der Waals surface area (Å²) in [4.78, 5) is 0. The van der Waals surface area contributed by atoms with Gasteiger partial charge in [0.25, 0.3) is 0 Å². The van der Waals surface area contributed by atoms with E-state index in [9.17, 15) is 26.3 Å². The lowest BCUT2D eigenvalue weighted by Crippen LogP contribution is -2.34. The van der Waals surface area contributed by atoms with Gasteiger partial charge in [-0.05, 0) is 49.1 Å². The molecule has 1 fully saturated rings. The van der Waals surface area contributed by atoms with Crippen molar-refractivity contribution < 1.29 is 31.1 Å². The number of benzene rings is 2. The minimum absolute atomic E-state index is 0.129. The molecule has 0 bridgehead atoms. The number of halogens is 6. The summed E-state index contributed by atoms with van der Waals surface area (Å²) in [5.41, 5.74) is -1.95. The summed E-state index contributed by atoms with van der Waals surface area (Å²) in [7, 11) is 0. The maximum atomic E-state index is 13.2. The zero-order valence-corrected chi connectivity index (χ0v) is 16.6. The molecule has 1 saturated carbocycles. The molecular weight excluding hydrogens is 406 g/mol. The topological polar surface area (TPSA) is 9.23 Å². The van der Waals surface area contributed by atoms with E-state index in [-0.39, 0.29) is 23.7 Å². The van der Waals surface area contributed by atoms with Crippen molar-refractivity contribution >= 4 is 0 Å². The molecule has 1 atom stereocenters. The molecule has 0 radical (unpaired) electrons. The van der Waals surface area contributed by atoms with Gasteiger partial charge in [0.15, 0.2) is 0 Å². The van der Waals surface area contributed by atoms with Crippen LogP contribution in [0, 0.1) is 0 Å². The van der Waals surface area contributed by atoms with Gasteiger partial charge >= 0.3 is 12.4 Å². The number of ether oxygens (including phenoxy) is 1. The molecule has 7 heteroatoms. The average Bonchev–Trinajstić information content (AvgIpc) is 2.72. The zero-order valence-electron chi connectivity index (χ0n) is 16.6. The van der Waals surface area contributed by atoms with Gasteiger partial charge in [0, 0.05) is 5.41 Å². The van der Waals surface area contributed by atoms with Crippen LogP contribution in [0.4, 0.5) is 26.3 Å². The van der Waals surface area contributed by atoms with Gasteiger partial charge in [0.05, 0.1) is 23.8 Å². The van der Waals surface area contributed by atoms with Crippen LogP contribution in [0.25, 0.3) is 0 Å². The van der Waals surface area contributed by atoms with E-state index in [2.05, 4.69) is 0 Å². The molecule has 2 aromatic rings. The van der Waals surface area contributed by atoms with E-state index in [1.165, 1.54) is 6.92 Å². The highest BCUT2D eigenvalue weighted by atomic mass is 19.4. The van der Waals surface area contributed by atoms with Crippen molar-refractivity contribution in [1.29, 1.82) is 0 Å². The highest BCUT2D eigenvalue weighted by Crippen LogP contribution is 2.42. The van der Waals surface area contributed by atoms with Crippen LogP contribution < -0.4 is 0 Å². The Morgan fingerprint density at radius 3 is 1.87 bits per heavy atom. The number of hydrogen-bond acceptors (Lipinski definition) is 1. The first-order valence-corrected chi connectivity index (χ1v) is 9.98. The monoisotopic (exact) mass is 430 g/mol. The lowest BCUT2D eigenvalue weighted by Gasteiger charge is -2.38. The Labute approximate surface area is 172 Å². The Kier molecular flexibility index (Phi) is 6.51. The Bertz CT molecular complexity index is 803. The molecule has 164 valence electrons. The molecule has 2 aromatic carbocycles. The van der Waals surface area contributed by atoms with Crippen molar-refractivity contribution in [2.75, 3.05) is 6.61 Å². The third kappa shape index (κ3) is 5.17. The standard InChI is InChI=1S/C23H24F6O/c1-16(17-12-19(22(24,25)26)14-20(13-17)23(27,28)29)30-15-21(10-6-3-7-11-21)18-8-4-2-5-9-18/h2,4-5,8-9,12-14,16H,3,6-7,10-11,15H2,1H3/t16-/m1/s1. The molecule has 1 nitrogen and oxygen atoms in total. The van der Waals surface area contributed by atoms with Crippen LogP contribution in [0.2, 0.25) is 0 Å². The van der Waals surface area contributed by atoms with Gasteiger partial charge in [-0.3, -0.25) is 0 Å². The lowest BCUT2D eigenvalue weighted by atomic mass is 9.70. The van der Waals surface area contributed by atoms with Crippen molar-refractivity contribution in [3.63, 3.8) is 0 Å². The minimum Gasteiger partial charge on any atom is -0.373 e.